The Morgan fingerprint density at radius 3 is 2.50 bits per heavy atom. The second kappa shape index (κ2) is 4.45. The number of pyridine rings is 1. The molecule has 0 atom stereocenters. The van der Waals surface area contributed by atoms with Gasteiger partial charge in [0.25, 0.3) is 0 Å². The van der Waals surface area contributed by atoms with Gasteiger partial charge in [-0.3, -0.25) is 10.1 Å². The number of hydrogen-bond donors (Lipinski definition) is 1. The van der Waals surface area contributed by atoms with E-state index in [0.29, 0.717) is 0 Å². The topological polar surface area (TPSA) is 41.6 Å². The van der Waals surface area contributed by atoms with Crippen LogP contribution in [0.3, 0.4) is 0 Å². The first-order valence-corrected chi connectivity index (χ1v) is 5.87. The highest BCUT2D eigenvalue weighted by atomic mass is 15.1. The molecule has 0 unspecified atom stereocenters. The summed E-state index contributed by atoms with van der Waals surface area (Å²) in [4.78, 5) is 4.37. The highest BCUT2D eigenvalue weighted by Crippen LogP contribution is 2.22. The quantitative estimate of drug-likeness (QED) is 0.739. The van der Waals surface area contributed by atoms with Crippen molar-refractivity contribution >= 4 is 0 Å². The van der Waals surface area contributed by atoms with Crippen molar-refractivity contribution in [3.8, 4) is 22.6 Å². The van der Waals surface area contributed by atoms with Gasteiger partial charge >= 0.3 is 0 Å². The second-order valence-electron chi connectivity index (χ2n) is 4.25. The molecular weight excluding hydrogens is 222 g/mol. The molecule has 1 N–H and O–H groups in total. The van der Waals surface area contributed by atoms with Crippen LogP contribution in [0.15, 0.2) is 54.7 Å². The molecule has 1 aromatic carbocycles. The molecule has 0 amide bonds. The van der Waals surface area contributed by atoms with Crippen molar-refractivity contribution in [3.63, 3.8) is 0 Å². The van der Waals surface area contributed by atoms with Crippen LogP contribution in [0.4, 0.5) is 0 Å². The average Bonchev–Trinajstić information content (AvgIpc) is 2.90. The maximum Gasteiger partial charge on any atom is 0.111 e. The summed E-state index contributed by atoms with van der Waals surface area (Å²) in [6.07, 6.45) is 1.85. The van der Waals surface area contributed by atoms with Crippen LogP contribution in [0.2, 0.25) is 0 Å². The fraction of sp³-hybridized carbons (Fsp3) is 0.0667. The van der Waals surface area contributed by atoms with Crippen LogP contribution in [0, 0.1) is 6.92 Å². The van der Waals surface area contributed by atoms with Crippen molar-refractivity contribution in [3.05, 3.63) is 60.3 Å². The summed E-state index contributed by atoms with van der Waals surface area (Å²) < 4.78 is 0. The summed E-state index contributed by atoms with van der Waals surface area (Å²) in [6.45, 7) is 2.02. The number of nitrogens with one attached hydrogen (secondary N) is 1. The molecule has 0 bridgehead atoms. The van der Waals surface area contributed by atoms with E-state index in [9.17, 15) is 0 Å². The Hall–Kier alpha value is -2.42. The van der Waals surface area contributed by atoms with Crippen LogP contribution in [0.1, 0.15) is 5.56 Å². The normalized spacial score (nSPS) is 10.5. The molecular formula is C15H13N3. The molecule has 88 valence electrons. The van der Waals surface area contributed by atoms with Crippen LogP contribution in [0.25, 0.3) is 22.6 Å². The number of benzene rings is 1. The zero-order valence-electron chi connectivity index (χ0n) is 10.1. The van der Waals surface area contributed by atoms with Crippen LogP contribution in [-0.2, 0) is 0 Å². The zero-order valence-corrected chi connectivity index (χ0v) is 10.1. The van der Waals surface area contributed by atoms with Gasteiger partial charge in [-0.05, 0) is 30.2 Å². The van der Waals surface area contributed by atoms with E-state index in [1.165, 1.54) is 0 Å². The fourth-order valence-electron chi connectivity index (χ4n) is 1.84. The minimum Gasteiger partial charge on any atom is -0.277 e. The lowest BCUT2D eigenvalue weighted by atomic mass is 10.1. The molecule has 0 saturated heterocycles. The average molecular weight is 235 g/mol. The Morgan fingerprint density at radius 2 is 1.78 bits per heavy atom. The van der Waals surface area contributed by atoms with E-state index < -0.39 is 0 Å². The van der Waals surface area contributed by atoms with Crippen molar-refractivity contribution in [1.29, 1.82) is 0 Å². The summed E-state index contributed by atoms with van der Waals surface area (Å²) in [7, 11) is 0. The minimum atomic E-state index is 0.869. The number of H-pyrrole nitrogens is 1. The highest BCUT2D eigenvalue weighted by Gasteiger charge is 2.06. The molecule has 0 saturated carbocycles. The van der Waals surface area contributed by atoms with Gasteiger partial charge in [-0.25, -0.2) is 0 Å². The first-order chi connectivity index (χ1) is 8.83. The Labute approximate surface area is 106 Å². The first-order valence-electron chi connectivity index (χ1n) is 5.87. The molecule has 3 heteroatoms. The molecule has 0 aliphatic heterocycles. The van der Waals surface area contributed by atoms with Gasteiger partial charge < -0.3 is 0 Å². The third-order valence-corrected chi connectivity index (χ3v) is 2.84. The van der Waals surface area contributed by atoms with Crippen LogP contribution < -0.4 is 0 Å². The number of aryl methyl sites for hydroxylation is 1. The maximum atomic E-state index is 4.37. The molecule has 0 aliphatic carbocycles. The first kappa shape index (κ1) is 10.7. The highest BCUT2D eigenvalue weighted by molar-refractivity contribution is 5.66. The molecule has 3 nitrogen and oxygen atoms in total. The molecule has 0 spiro atoms. The minimum absolute atomic E-state index is 0.869. The Bertz CT molecular complexity index is 639. The number of hydrogen-bond acceptors (Lipinski definition) is 2. The van der Waals surface area contributed by atoms with Crippen LogP contribution >= 0.6 is 0 Å². The summed E-state index contributed by atoms with van der Waals surface area (Å²) >= 11 is 0. The van der Waals surface area contributed by atoms with Gasteiger partial charge in [0.2, 0.25) is 0 Å². The van der Waals surface area contributed by atoms with Gasteiger partial charge in [-0.1, -0.05) is 36.4 Å². The third kappa shape index (κ3) is 2.02. The predicted molar refractivity (Wildman–Crippen MR) is 72.0 cm³/mol. The van der Waals surface area contributed by atoms with E-state index in [1.54, 1.807) is 0 Å². The predicted octanol–water partition coefficient (Wildman–Crippen LogP) is 3.45. The number of aromatic nitrogens is 3. The monoisotopic (exact) mass is 235 g/mol. The zero-order chi connectivity index (χ0) is 12.4. The summed E-state index contributed by atoms with van der Waals surface area (Å²) in [6, 6.07) is 16.2. The molecule has 0 aliphatic rings. The van der Waals surface area contributed by atoms with Crippen LogP contribution in [0.5, 0.6) is 0 Å². The van der Waals surface area contributed by atoms with Crippen molar-refractivity contribution in [2.45, 2.75) is 6.92 Å². The van der Waals surface area contributed by atoms with Gasteiger partial charge in [0, 0.05) is 6.20 Å². The standard InChI is InChI=1S/C15H13N3/c1-11-7-8-13(16-10-11)15-9-14(17-18-15)12-5-3-2-4-6-12/h2-10H,1H3,(H,17,18). The SMILES string of the molecule is Cc1ccc(-c2cc(-c3ccccc3)[nH]n2)nc1. The van der Waals surface area contributed by atoms with Crippen molar-refractivity contribution in [2.24, 2.45) is 0 Å². The number of aromatic amines is 1. The van der Waals surface area contributed by atoms with E-state index >= 15 is 0 Å². The Kier molecular flexibility index (Phi) is 2.65. The molecule has 2 heterocycles. The molecule has 0 radical (unpaired) electrons. The molecule has 0 fully saturated rings. The van der Waals surface area contributed by atoms with Gasteiger partial charge in [0.15, 0.2) is 0 Å². The number of rotatable bonds is 2. The summed E-state index contributed by atoms with van der Waals surface area (Å²) in [5, 5.41) is 7.35. The van der Waals surface area contributed by atoms with Crippen molar-refractivity contribution in [1.82, 2.24) is 15.2 Å². The smallest absolute Gasteiger partial charge is 0.111 e. The van der Waals surface area contributed by atoms with Crippen LogP contribution in [-0.4, -0.2) is 15.2 Å². The van der Waals surface area contributed by atoms with Gasteiger partial charge in [0.1, 0.15) is 5.69 Å². The lowest BCUT2D eigenvalue weighted by Gasteiger charge is -1.95. The largest absolute Gasteiger partial charge is 0.277 e. The maximum absolute atomic E-state index is 4.37. The Morgan fingerprint density at radius 1 is 0.944 bits per heavy atom. The van der Waals surface area contributed by atoms with Gasteiger partial charge in [-0.2, -0.15) is 5.10 Å². The third-order valence-electron chi connectivity index (χ3n) is 2.84. The summed E-state index contributed by atoms with van der Waals surface area (Å²) in [5.74, 6) is 0. The van der Waals surface area contributed by atoms with Gasteiger partial charge in [-0.15, -0.1) is 0 Å². The second-order valence-corrected chi connectivity index (χ2v) is 4.25. The lowest BCUT2D eigenvalue weighted by molar-refractivity contribution is 1.09. The lowest BCUT2D eigenvalue weighted by Crippen LogP contribution is -1.83. The van der Waals surface area contributed by atoms with Crippen molar-refractivity contribution < 1.29 is 0 Å². The Balaban J connectivity index is 1.97. The van der Waals surface area contributed by atoms with Crippen molar-refractivity contribution in [2.75, 3.05) is 0 Å². The fourth-order valence-corrected chi connectivity index (χ4v) is 1.84. The summed E-state index contributed by atoms with van der Waals surface area (Å²) in [5.41, 5.74) is 5.04. The number of nitrogens with zero attached hydrogens (tertiary/aromatic N) is 2. The molecule has 2 aromatic heterocycles. The van der Waals surface area contributed by atoms with E-state index in [-0.39, 0.29) is 0 Å². The van der Waals surface area contributed by atoms with E-state index in [4.69, 9.17) is 0 Å². The van der Waals surface area contributed by atoms with E-state index in [2.05, 4.69) is 27.3 Å². The van der Waals surface area contributed by atoms with Gasteiger partial charge in [0.05, 0.1) is 11.4 Å². The molecule has 18 heavy (non-hydrogen) atoms. The molecule has 3 aromatic rings. The van der Waals surface area contributed by atoms with E-state index in [1.807, 2.05) is 49.5 Å². The van der Waals surface area contributed by atoms with E-state index in [0.717, 1.165) is 28.2 Å². The molecule has 3 rings (SSSR count).